The first-order valence-corrected chi connectivity index (χ1v) is 7.01. The standard InChI is InChI=1S/C14H17N3OS.2ClH/c1-10-13(14(18)16-8-7-15)19-12(17-10)9-11-5-3-2-4-6-11;;/h2-6H,7-9,15H2,1H3,(H,16,18);2*1H. The predicted molar refractivity (Wildman–Crippen MR) is 92.0 cm³/mol. The van der Waals surface area contributed by atoms with Gasteiger partial charge >= 0.3 is 0 Å². The van der Waals surface area contributed by atoms with Gasteiger partial charge in [-0.25, -0.2) is 4.98 Å². The molecule has 1 amide bonds. The van der Waals surface area contributed by atoms with Crippen LogP contribution in [-0.4, -0.2) is 24.0 Å². The molecule has 2 rings (SSSR count). The number of amides is 1. The Morgan fingerprint density at radius 1 is 1.29 bits per heavy atom. The molecule has 0 saturated heterocycles. The first-order chi connectivity index (χ1) is 9.20. The molecule has 116 valence electrons. The fourth-order valence-corrected chi connectivity index (χ4v) is 2.79. The Morgan fingerprint density at radius 2 is 1.95 bits per heavy atom. The minimum Gasteiger partial charge on any atom is -0.350 e. The smallest absolute Gasteiger partial charge is 0.263 e. The quantitative estimate of drug-likeness (QED) is 0.873. The highest BCUT2D eigenvalue weighted by atomic mass is 35.5. The molecule has 1 aromatic carbocycles. The van der Waals surface area contributed by atoms with Gasteiger partial charge in [-0.15, -0.1) is 36.2 Å². The Morgan fingerprint density at radius 3 is 2.57 bits per heavy atom. The van der Waals surface area contributed by atoms with Gasteiger partial charge in [0.05, 0.1) is 10.7 Å². The lowest BCUT2D eigenvalue weighted by Crippen LogP contribution is -2.28. The molecule has 21 heavy (non-hydrogen) atoms. The van der Waals surface area contributed by atoms with E-state index in [1.165, 1.54) is 16.9 Å². The maximum Gasteiger partial charge on any atom is 0.263 e. The van der Waals surface area contributed by atoms with E-state index < -0.39 is 0 Å². The van der Waals surface area contributed by atoms with Crippen LogP contribution in [0.4, 0.5) is 0 Å². The van der Waals surface area contributed by atoms with Crippen LogP contribution in [0.5, 0.6) is 0 Å². The molecule has 0 saturated carbocycles. The minimum absolute atomic E-state index is 0. The Balaban J connectivity index is 0.00000200. The molecular weight excluding hydrogens is 329 g/mol. The maximum absolute atomic E-state index is 11.9. The summed E-state index contributed by atoms with van der Waals surface area (Å²) in [6.45, 7) is 2.80. The summed E-state index contributed by atoms with van der Waals surface area (Å²) in [7, 11) is 0. The van der Waals surface area contributed by atoms with Gasteiger partial charge in [-0.2, -0.15) is 0 Å². The van der Waals surface area contributed by atoms with Crippen LogP contribution in [0.1, 0.15) is 25.9 Å². The largest absolute Gasteiger partial charge is 0.350 e. The first kappa shape index (κ1) is 19.9. The van der Waals surface area contributed by atoms with Gasteiger partial charge in [-0.1, -0.05) is 30.3 Å². The molecule has 0 unspecified atom stereocenters. The normalized spacial score (nSPS) is 9.43. The highest BCUT2D eigenvalue weighted by molar-refractivity contribution is 7.13. The lowest BCUT2D eigenvalue weighted by molar-refractivity contribution is 0.0958. The minimum atomic E-state index is -0.0836. The summed E-state index contributed by atoms with van der Waals surface area (Å²) in [5, 5.41) is 3.73. The van der Waals surface area contributed by atoms with Gasteiger partial charge in [0.2, 0.25) is 0 Å². The molecular formula is C14H19Cl2N3OS. The van der Waals surface area contributed by atoms with Crippen molar-refractivity contribution in [3.05, 3.63) is 51.5 Å². The summed E-state index contributed by atoms with van der Waals surface area (Å²) in [5.41, 5.74) is 7.36. The average Bonchev–Trinajstić information content (AvgIpc) is 2.78. The van der Waals surface area contributed by atoms with Gasteiger partial charge in [-0.3, -0.25) is 4.79 Å². The monoisotopic (exact) mass is 347 g/mol. The summed E-state index contributed by atoms with van der Waals surface area (Å²) in [5.74, 6) is -0.0836. The van der Waals surface area contributed by atoms with Crippen LogP contribution in [0.3, 0.4) is 0 Å². The number of nitrogens with two attached hydrogens (primary N) is 1. The third-order valence-electron chi connectivity index (χ3n) is 2.68. The molecule has 0 atom stereocenters. The number of carbonyl (C=O) groups excluding carboxylic acids is 1. The predicted octanol–water partition coefficient (Wildman–Crippen LogP) is 2.57. The Hall–Kier alpha value is -1.14. The topological polar surface area (TPSA) is 68.0 Å². The van der Waals surface area contributed by atoms with Crippen molar-refractivity contribution >= 4 is 42.1 Å². The second kappa shape index (κ2) is 9.73. The number of hydrogen-bond acceptors (Lipinski definition) is 4. The van der Waals surface area contributed by atoms with Crippen LogP contribution in [0, 0.1) is 6.92 Å². The van der Waals surface area contributed by atoms with E-state index in [9.17, 15) is 4.79 Å². The molecule has 0 spiro atoms. The highest BCUT2D eigenvalue weighted by Crippen LogP contribution is 2.20. The van der Waals surface area contributed by atoms with Crippen LogP contribution < -0.4 is 11.1 Å². The molecule has 0 aliphatic heterocycles. The maximum atomic E-state index is 11.9. The van der Waals surface area contributed by atoms with E-state index in [1.807, 2.05) is 25.1 Å². The van der Waals surface area contributed by atoms with Gasteiger partial charge in [0.15, 0.2) is 0 Å². The lowest BCUT2D eigenvalue weighted by atomic mass is 10.2. The van der Waals surface area contributed by atoms with Crippen LogP contribution in [0.15, 0.2) is 30.3 Å². The van der Waals surface area contributed by atoms with Crippen molar-refractivity contribution in [3.63, 3.8) is 0 Å². The molecule has 3 N–H and O–H groups in total. The zero-order valence-electron chi connectivity index (χ0n) is 11.7. The zero-order valence-corrected chi connectivity index (χ0v) is 14.1. The van der Waals surface area contributed by atoms with E-state index in [2.05, 4.69) is 22.4 Å². The molecule has 0 bridgehead atoms. The third kappa shape index (κ3) is 5.63. The highest BCUT2D eigenvalue weighted by Gasteiger charge is 2.14. The molecule has 0 aliphatic rings. The van der Waals surface area contributed by atoms with E-state index >= 15 is 0 Å². The summed E-state index contributed by atoms with van der Waals surface area (Å²) in [6, 6.07) is 10.1. The number of rotatable bonds is 5. The molecule has 1 aromatic heterocycles. The van der Waals surface area contributed by atoms with Crippen molar-refractivity contribution in [3.8, 4) is 0 Å². The SMILES string of the molecule is Cc1nc(Cc2ccccc2)sc1C(=O)NCCN.Cl.Cl. The van der Waals surface area contributed by atoms with Crippen LogP contribution in [0.2, 0.25) is 0 Å². The van der Waals surface area contributed by atoms with Crippen molar-refractivity contribution in [2.24, 2.45) is 5.73 Å². The van der Waals surface area contributed by atoms with Gasteiger partial charge in [0.1, 0.15) is 4.88 Å². The van der Waals surface area contributed by atoms with E-state index in [-0.39, 0.29) is 30.7 Å². The second-order valence-electron chi connectivity index (χ2n) is 4.23. The summed E-state index contributed by atoms with van der Waals surface area (Å²) in [6.07, 6.45) is 0.760. The number of aryl methyl sites for hydroxylation is 1. The second-order valence-corrected chi connectivity index (χ2v) is 5.31. The fourth-order valence-electron chi connectivity index (χ4n) is 1.78. The summed E-state index contributed by atoms with van der Waals surface area (Å²) < 4.78 is 0. The first-order valence-electron chi connectivity index (χ1n) is 6.19. The van der Waals surface area contributed by atoms with Crippen LogP contribution in [-0.2, 0) is 6.42 Å². The Bertz CT molecular complexity index is 561. The van der Waals surface area contributed by atoms with E-state index in [4.69, 9.17) is 5.73 Å². The van der Waals surface area contributed by atoms with Crippen molar-refractivity contribution in [2.75, 3.05) is 13.1 Å². The zero-order chi connectivity index (χ0) is 13.7. The number of thiazole rings is 1. The summed E-state index contributed by atoms with van der Waals surface area (Å²) >= 11 is 1.45. The number of hydrogen-bond donors (Lipinski definition) is 2. The van der Waals surface area contributed by atoms with Crippen molar-refractivity contribution in [2.45, 2.75) is 13.3 Å². The molecule has 4 nitrogen and oxygen atoms in total. The molecule has 0 radical (unpaired) electrons. The van der Waals surface area contributed by atoms with Gasteiger partial charge in [0, 0.05) is 19.5 Å². The number of carbonyl (C=O) groups is 1. The molecule has 1 heterocycles. The Labute approximate surface area is 141 Å². The molecule has 0 aliphatic carbocycles. The van der Waals surface area contributed by atoms with Gasteiger partial charge in [-0.05, 0) is 12.5 Å². The lowest BCUT2D eigenvalue weighted by Gasteiger charge is -2.00. The van der Waals surface area contributed by atoms with E-state index in [0.29, 0.717) is 18.0 Å². The number of nitrogens with one attached hydrogen (secondary N) is 1. The molecule has 0 fully saturated rings. The number of aromatic nitrogens is 1. The van der Waals surface area contributed by atoms with Crippen molar-refractivity contribution in [1.29, 1.82) is 0 Å². The number of nitrogens with zero attached hydrogens (tertiary/aromatic N) is 1. The van der Waals surface area contributed by atoms with Crippen LogP contribution in [0.25, 0.3) is 0 Å². The van der Waals surface area contributed by atoms with E-state index in [0.717, 1.165) is 17.1 Å². The fraction of sp³-hybridized carbons (Fsp3) is 0.286. The average molecular weight is 348 g/mol. The third-order valence-corrected chi connectivity index (χ3v) is 3.83. The number of benzene rings is 1. The molecule has 2 aromatic rings. The molecule has 7 heteroatoms. The van der Waals surface area contributed by atoms with Crippen LogP contribution >= 0.6 is 36.2 Å². The summed E-state index contributed by atoms with van der Waals surface area (Å²) in [4.78, 5) is 17.0. The van der Waals surface area contributed by atoms with Crippen molar-refractivity contribution in [1.82, 2.24) is 10.3 Å². The number of halogens is 2. The van der Waals surface area contributed by atoms with E-state index in [1.54, 1.807) is 0 Å². The van der Waals surface area contributed by atoms with Gasteiger partial charge in [0.25, 0.3) is 5.91 Å². The Kier molecular flexibility index (Phi) is 9.21. The van der Waals surface area contributed by atoms with Crippen molar-refractivity contribution < 1.29 is 4.79 Å². The van der Waals surface area contributed by atoms with Gasteiger partial charge < -0.3 is 11.1 Å².